The van der Waals surface area contributed by atoms with E-state index < -0.39 is 10.0 Å². The van der Waals surface area contributed by atoms with Crippen LogP contribution in [0.15, 0.2) is 60.0 Å². The second kappa shape index (κ2) is 5.91. The van der Waals surface area contributed by atoms with Crippen LogP contribution in [0.5, 0.6) is 0 Å². The average molecular weight is 294 g/mol. The number of nitrogens with one attached hydrogen (secondary N) is 1. The Balaban J connectivity index is 2.11. The van der Waals surface area contributed by atoms with Crippen LogP contribution in [0.3, 0.4) is 0 Å². The maximum atomic E-state index is 11.8. The summed E-state index contributed by atoms with van der Waals surface area (Å²) in [7, 11) is -3.52. The van der Waals surface area contributed by atoms with Gasteiger partial charge in [0, 0.05) is 10.7 Å². The number of rotatable bonds is 4. The molecular formula is C14H12ClNO2S. The predicted molar refractivity (Wildman–Crippen MR) is 79.5 cm³/mol. The predicted octanol–water partition coefficient (Wildman–Crippen LogP) is 3.75. The lowest BCUT2D eigenvalue weighted by molar-refractivity contribution is 0.609. The van der Waals surface area contributed by atoms with E-state index in [9.17, 15) is 8.42 Å². The van der Waals surface area contributed by atoms with Gasteiger partial charge in [-0.25, -0.2) is 8.42 Å². The van der Waals surface area contributed by atoms with Crippen LogP contribution in [-0.2, 0) is 10.0 Å². The standard InChI is InChI=1S/C14H12ClNO2S/c15-13-6-8-14(9-7-13)16-19(17,18)11-10-12-4-2-1-3-5-12/h1-11,16H. The first-order valence-electron chi connectivity index (χ1n) is 5.57. The second-order valence-corrected chi connectivity index (χ2v) is 5.87. The van der Waals surface area contributed by atoms with Crippen molar-refractivity contribution in [3.63, 3.8) is 0 Å². The number of halogens is 1. The molecule has 0 fully saturated rings. The quantitative estimate of drug-likeness (QED) is 0.933. The van der Waals surface area contributed by atoms with Crippen molar-refractivity contribution in [3.05, 3.63) is 70.6 Å². The van der Waals surface area contributed by atoms with E-state index in [4.69, 9.17) is 11.6 Å². The average Bonchev–Trinajstić information content (AvgIpc) is 2.40. The molecule has 0 heterocycles. The molecule has 0 atom stereocenters. The number of benzene rings is 2. The summed E-state index contributed by atoms with van der Waals surface area (Å²) in [5.41, 5.74) is 1.30. The van der Waals surface area contributed by atoms with E-state index in [0.717, 1.165) is 11.0 Å². The lowest BCUT2D eigenvalue weighted by Crippen LogP contribution is -2.08. The maximum Gasteiger partial charge on any atom is 0.255 e. The fourth-order valence-electron chi connectivity index (χ4n) is 1.45. The van der Waals surface area contributed by atoms with E-state index in [1.165, 1.54) is 6.08 Å². The summed E-state index contributed by atoms with van der Waals surface area (Å²) in [4.78, 5) is 0. The van der Waals surface area contributed by atoms with Gasteiger partial charge in [-0.3, -0.25) is 4.72 Å². The number of anilines is 1. The van der Waals surface area contributed by atoms with Crippen LogP contribution >= 0.6 is 11.6 Å². The molecule has 0 amide bonds. The van der Waals surface area contributed by atoms with Crippen molar-refractivity contribution < 1.29 is 8.42 Å². The van der Waals surface area contributed by atoms with Crippen molar-refractivity contribution in [1.29, 1.82) is 0 Å². The van der Waals surface area contributed by atoms with Crippen molar-refractivity contribution in [2.75, 3.05) is 4.72 Å². The Morgan fingerprint density at radius 2 is 1.58 bits per heavy atom. The molecule has 0 aromatic heterocycles. The molecule has 0 aliphatic carbocycles. The van der Waals surface area contributed by atoms with Crippen molar-refractivity contribution in [2.45, 2.75) is 0 Å². The lowest BCUT2D eigenvalue weighted by Gasteiger charge is -2.04. The minimum Gasteiger partial charge on any atom is -0.280 e. The number of hydrogen-bond acceptors (Lipinski definition) is 2. The number of hydrogen-bond donors (Lipinski definition) is 1. The van der Waals surface area contributed by atoms with Crippen LogP contribution in [0.4, 0.5) is 5.69 Å². The highest BCUT2D eigenvalue weighted by Crippen LogP contribution is 2.15. The van der Waals surface area contributed by atoms with E-state index in [1.807, 2.05) is 30.3 Å². The van der Waals surface area contributed by atoms with Crippen molar-refractivity contribution in [1.82, 2.24) is 0 Å². The highest BCUT2D eigenvalue weighted by Gasteiger charge is 2.05. The fourth-order valence-corrected chi connectivity index (χ4v) is 2.44. The lowest BCUT2D eigenvalue weighted by atomic mass is 10.2. The fraction of sp³-hybridized carbons (Fsp3) is 0. The molecule has 0 unspecified atom stereocenters. The molecule has 1 N–H and O–H groups in total. The molecule has 2 aromatic carbocycles. The molecule has 0 aliphatic rings. The molecule has 0 spiro atoms. The van der Waals surface area contributed by atoms with E-state index in [2.05, 4.69) is 4.72 Å². The maximum absolute atomic E-state index is 11.8. The molecule has 0 radical (unpaired) electrons. The summed E-state index contributed by atoms with van der Waals surface area (Å²) in [5.74, 6) is 0. The smallest absolute Gasteiger partial charge is 0.255 e. The van der Waals surface area contributed by atoms with Crippen LogP contribution in [0.25, 0.3) is 6.08 Å². The monoisotopic (exact) mass is 293 g/mol. The van der Waals surface area contributed by atoms with Gasteiger partial charge in [-0.1, -0.05) is 41.9 Å². The molecule has 0 aliphatic heterocycles. The van der Waals surface area contributed by atoms with Gasteiger partial charge >= 0.3 is 0 Å². The summed E-state index contributed by atoms with van der Waals surface area (Å²) in [6.07, 6.45) is 1.54. The van der Waals surface area contributed by atoms with E-state index in [0.29, 0.717) is 10.7 Å². The Labute approximate surface area is 117 Å². The topological polar surface area (TPSA) is 46.2 Å². The zero-order valence-corrected chi connectivity index (χ0v) is 11.5. The molecule has 3 nitrogen and oxygen atoms in total. The highest BCUT2D eigenvalue weighted by atomic mass is 35.5. The Hall–Kier alpha value is -1.78. The Bertz CT molecular complexity index is 664. The van der Waals surface area contributed by atoms with Crippen LogP contribution in [0.1, 0.15) is 5.56 Å². The van der Waals surface area contributed by atoms with Gasteiger partial charge in [0.15, 0.2) is 0 Å². The minimum absolute atomic E-state index is 0.474. The molecule has 5 heteroatoms. The summed E-state index contributed by atoms with van der Waals surface area (Å²) in [5, 5.41) is 1.69. The normalized spacial score (nSPS) is 11.6. The minimum atomic E-state index is -3.52. The van der Waals surface area contributed by atoms with Gasteiger partial charge in [0.2, 0.25) is 0 Å². The largest absolute Gasteiger partial charge is 0.280 e. The Kier molecular flexibility index (Phi) is 4.24. The third-order valence-electron chi connectivity index (χ3n) is 2.34. The Morgan fingerprint density at radius 1 is 0.947 bits per heavy atom. The van der Waals surface area contributed by atoms with Crippen molar-refractivity contribution in [3.8, 4) is 0 Å². The van der Waals surface area contributed by atoms with E-state index >= 15 is 0 Å². The second-order valence-electron chi connectivity index (χ2n) is 3.87. The van der Waals surface area contributed by atoms with E-state index in [-0.39, 0.29) is 0 Å². The SMILES string of the molecule is O=S(=O)(C=Cc1ccccc1)Nc1ccc(Cl)cc1. The van der Waals surface area contributed by atoms with Gasteiger partial charge < -0.3 is 0 Å². The molecule has 0 bridgehead atoms. The van der Waals surface area contributed by atoms with Crippen molar-refractivity contribution >= 4 is 33.4 Å². The zero-order chi connectivity index (χ0) is 13.7. The van der Waals surface area contributed by atoms with Gasteiger partial charge in [0.05, 0.1) is 5.41 Å². The molecule has 2 rings (SSSR count). The zero-order valence-electron chi connectivity index (χ0n) is 9.95. The molecule has 0 saturated heterocycles. The molecular weight excluding hydrogens is 282 g/mol. The third-order valence-corrected chi connectivity index (χ3v) is 3.61. The van der Waals surface area contributed by atoms with E-state index in [1.54, 1.807) is 24.3 Å². The molecule has 0 saturated carbocycles. The first kappa shape index (κ1) is 13.6. The van der Waals surface area contributed by atoms with Gasteiger partial charge in [0.25, 0.3) is 10.0 Å². The number of sulfonamides is 1. The summed E-state index contributed by atoms with van der Waals surface area (Å²) in [6.45, 7) is 0. The van der Waals surface area contributed by atoms with Crippen LogP contribution in [-0.4, -0.2) is 8.42 Å². The van der Waals surface area contributed by atoms with Gasteiger partial charge in [-0.05, 0) is 35.9 Å². The van der Waals surface area contributed by atoms with Crippen LogP contribution < -0.4 is 4.72 Å². The Morgan fingerprint density at radius 3 is 2.21 bits per heavy atom. The first-order valence-corrected chi connectivity index (χ1v) is 7.49. The highest BCUT2D eigenvalue weighted by molar-refractivity contribution is 7.95. The molecule has 2 aromatic rings. The van der Waals surface area contributed by atoms with Gasteiger partial charge in [-0.2, -0.15) is 0 Å². The van der Waals surface area contributed by atoms with Gasteiger partial charge in [0.1, 0.15) is 0 Å². The van der Waals surface area contributed by atoms with Crippen molar-refractivity contribution in [2.24, 2.45) is 0 Å². The summed E-state index contributed by atoms with van der Waals surface area (Å²) < 4.78 is 26.1. The van der Waals surface area contributed by atoms with Crippen LogP contribution in [0.2, 0.25) is 5.02 Å². The summed E-state index contributed by atoms with van der Waals surface area (Å²) >= 11 is 5.73. The molecule has 98 valence electrons. The van der Waals surface area contributed by atoms with Crippen LogP contribution in [0, 0.1) is 0 Å². The third kappa shape index (κ3) is 4.43. The van der Waals surface area contributed by atoms with Gasteiger partial charge in [-0.15, -0.1) is 0 Å². The molecule has 19 heavy (non-hydrogen) atoms. The first-order chi connectivity index (χ1) is 9.05. The summed E-state index contributed by atoms with van der Waals surface area (Å²) in [6, 6.07) is 15.7.